The van der Waals surface area contributed by atoms with Crippen LogP contribution >= 0.6 is 0 Å². The van der Waals surface area contributed by atoms with Crippen LogP contribution in [-0.2, 0) is 37.2 Å². The quantitative estimate of drug-likeness (QED) is 0.246. The van der Waals surface area contributed by atoms with Crippen LogP contribution in [0.25, 0.3) is 0 Å². The lowest BCUT2D eigenvalue weighted by Gasteiger charge is -2.44. The van der Waals surface area contributed by atoms with Crippen LogP contribution in [0.5, 0.6) is 0 Å². The van der Waals surface area contributed by atoms with Crippen molar-refractivity contribution in [2.45, 2.75) is 102 Å². The Hall–Kier alpha value is -4.79. The van der Waals surface area contributed by atoms with Crippen molar-refractivity contribution in [1.29, 1.82) is 0 Å². The third kappa shape index (κ3) is 10.3. The van der Waals surface area contributed by atoms with Crippen LogP contribution in [-0.4, -0.2) is 91.8 Å². The number of H-pyrrole nitrogens is 1. The number of quaternary nitrogens is 1. The van der Waals surface area contributed by atoms with Gasteiger partial charge in [-0.2, -0.15) is 31.4 Å². The number of fused-ring (bicyclic) bond motifs is 2. The molecule has 0 saturated carbocycles. The molecule has 2 aromatic heterocycles. The van der Waals surface area contributed by atoms with Crippen LogP contribution in [0.15, 0.2) is 30.7 Å². The molecule has 4 atom stereocenters. The Morgan fingerprint density at radius 3 is 1.97 bits per heavy atom. The number of benzene rings is 1. The molecule has 3 aromatic rings. The molecule has 4 N–H and O–H groups in total. The number of halogens is 9. The molecule has 12 nitrogen and oxygen atoms in total. The minimum atomic E-state index is -5.08. The van der Waals surface area contributed by atoms with E-state index in [1.807, 2.05) is 25.1 Å². The van der Waals surface area contributed by atoms with Crippen LogP contribution in [0.2, 0.25) is 0 Å². The molecule has 1 spiro atoms. The molecular weight excluding hydrogens is 807 g/mol. The van der Waals surface area contributed by atoms with Gasteiger partial charge >= 0.3 is 24.3 Å². The lowest BCUT2D eigenvalue weighted by molar-refractivity contribution is -0.953. The van der Waals surface area contributed by atoms with Crippen molar-refractivity contribution in [2.24, 2.45) is 13.0 Å². The predicted octanol–water partition coefficient (Wildman–Crippen LogP) is 4.98. The molecule has 326 valence electrons. The number of aromatic amines is 1. The van der Waals surface area contributed by atoms with Gasteiger partial charge in [0.05, 0.1) is 35.5 Å². The van der Waals surface area contributed by atoms with Gasteiger partial charge in [0.2, 0.25) is 11.6 Å². The van der Waals surface area contributed by atoms with Gasteiger partial charge in [0.1, 0.15) is 12.4 Å². The van der Waals surface area contributed by atoms with Crippen LogP contribution in [0.4, 0.5) is 39.5 Å². The second-order valence-corrected chi connectivity index (χ2v) is 16.5. The minimum absolute atomic E-state index is 0.0624. The fraction of sp³-hybridized carbons (Fsp3) is 0.579. The van der Waals surface area contributed by atoms with E-state index < -0.39 is 64.6 Å². The number of carboxylic acid groups (broad SMARTS) is 2. The lowest BCUT2D eigenvalue weighted by atomic mass is 9.77. The Bertz CT molecular complexity index is 2000. The highest BCUT2D eigenvalue weighted by atomic mass is 19.4. The number of aliphatic carboxylic acids is 2. The first-order valence-corrected chi connectivity index (χ1v) is 18.5. The molecule has 6 rings (SSSR count). The summed E-state index contributed by atoms with van der Waals surface area (Å²) < 4.78 is 116. The van der Waals surface area contributed by atoms with Gasteiger partial charge in [0.25, 0.3) is 0 Å². The normalized spacial score (nSPS) is 21.8. The summed E-state index contributed by atoms with van der Waals surface area (Å²) in [5, 5.41) is 18.9. The smallest absolute Gasteiger partial charge is 0.475 e. The minimum Gasteiger partial charge on any atom is -0.475 e. The zero-order valence-corrected chi connectivity index (χ0v) is 33.3. The highest BCUT2D eigenvalue weighted by Crippen LogP contribution is 2.53. The molecule has 0 bridgehead atoms. The number of nitrogens with zero attached hydrogens (tertiary/aromatic N) is 4. The van der Waals surface area contributed by atoms with E-state index in [1.165, 1.54) is 11.0 Å². The first-order chi connectivity index (χ1) is 27.0. The van der Waals surface area contributed by atoms with Crippen molar-refractivity contribution in [3.8, 4) is 0 Å². The number of likely N-dealkylation sites (tertiary alicyclic amines) is 2. The van der Waals surface area contributed by atoms with Gasteiger partial charge in [-0.25, -0.2) is 32.7 Å². The number of aryl methyl sites for hydroxylation is 2. The summed E-state index contributed by atoms with van der Waals surface area (Å²) in [5.74, 6) is -9.87. The topological polar surface area (TPSA) is 153 Å². The monoisotopic (exact) mass is 854 g/mol. The molecule has 1 aromatic carbocycles. The van der Waals surface area contributed by atoms with Crippen LogP contribution < -0.4 is 9.88 Å². The fourth-order valence-corrected chi connectivity index (χ4v) is 7.73. The molecule has 5 heterocycles. The maximum absolute atomic E-state index is 15.2. The van der Waals surface area contributed by atoms with E-state index in [2.05, 4.69) is 55.8 Å². The summed E-state index contributed by atoms with van der Waals surface area (Å²) >= 11 is 0. The number of piperidine rings is 2. The number of pyridine rings is 1. The number of alkyl halides is 6. The molecule has 59 heavy (non-hydrogen) atoms. The average Bonchev–Trinajstić information content (AvgIpc) is 3.71. The zero-order chi connectivity index (χ0) is 44.6. The summed E-state index contributed by atoms with van der Waals surface area (Å²) in [7, 11) is 1.85. The number of amides is 1. The van der Waals surface area contributed by atoms with Crippen LogP contribution in [0, 0.1) is 30.3 Å². The maximum Gasteiger partial charge on any atom is 0.490 e. The molecule has 0 radical (unpaired) electrons. The highest BCUT2D eigenvalue weighted by molar-refractivity contribution is 5.80. The standard InChI is InChI=1S/C34H43F3N6O2.2C2HF3O2/c1-20-16-23-28(38-17-20)34(45-29(23)33(5,6)31-39-19-41(7)40-31)11-14-42(15-12-34)30(44)22-10-13-43(32(2,3)4)18-24(22)21-8-9-25(35)27(37)26(21)36;2*3-2(4,5)1(6)7/h8-9,16-17,19,22,24,29H,10-15,18H2,1-7H3;2*(H,6,7)/p+2/t22?,24-,29?;;/m0../s1. The van der Waals surface area contributed by atoms with E-state index in [-0.39, 0.29) is 23.1 Å². The second kappa shape index (κ2) is 17.1. The number of carboxylic acids is 2. The molecule has 2 fully saturated rings. The molecule has 21 heteroatoms. The van der Waals surface area contributed by atoms with Crippen molar-refractivity contribution in [3.05, 3.63) is 76.4 Å². The van der Waals surface area contributed by atoms with E-state index in [4.69, 9.17) is 24.5 Å². The number of hydrogen-bond acceptors (Lipinski definition) is 6. The van der Waals surface area contributed by atoms with E-state index in [9.17, 15) is 39.9 Å². The third-order valence-corrected chi connectivity index (χ3v) is 10.9. The van der Waals surface area contributed by atoms with E-state index in [0.29, 0.717) is 44.7 Å². The third-order valence-electron chi connectivity index (χ3n) is 10.9. The largest absolute Gasteiger partial charge is 0.490 e. The summed E-state index contributed by atoms with van der Waals surface area (Å²) in [5.41, 5.74) is 2.01. The molecule has 3 unspecified atom stereocenters. The van der Waals surface area contributed by atoms with Crippen molar-refractivity contribution in [3.63, 3.8) is 0 Å². The van der Waals surface area contributed by atoms with Gasteiger partial charge < -0.3 is 24.7 Å². The van der Waals surface area contributed by atoms with Gasteiger partial charge in [0.15, 0.2) is 35.1 Å². The molecular formula is C38H47F9N6O6+2. The summed E-state index contributed by atoms with van der Waals surface area (Å²) in [6.45, 7) is 14.7. The van der Waals surface area contributed by atoms with Gasteiger partial charge in [0, 0.05) is 56.4 Å². The lowest BCUT2D eigenvalue weighted by Crippen LogP contribution is -3.20. The fourth-order valence-electron chi connectivity index (χ4n) is 7.73. The Labute approximate surface area is 333 Å². The predicted molar refractivity (Wildman–Crippen MR) is 188 cm³/mol. The number of aromatic nitrogens is 4. The van der Waals surface area contributed by atoms with E-state index in [1.54, 1.807) is 11.0 Å². The van der Waals surface area contributed by atoms with Crippen molar-refractivity contribution < 1.29 is 78.7 Å². The number of hydrogen-bond donors (Lipinski definition) is 3. The summed E-state index contributed by atoms with van der Waals surface area (Å²) in [6, 6.07) is 4.45. The van der Waals surface area contributed by atoms with E-state index in [0.717, 1.165) is 29.4 Å². The Balaban J connectivity index is 0.000000471. The Kier molecular flexibility index (Phi) is 13.6. The van der Waals surface area contributed by atoms with Gasteiger partial charge in [-0.3, -0.25) is 9.48 Å². The Morgan fingerprint density at radius 2 is 1.47 bits per heavy atom. The van der Waals surface area contributed by atoms with Crippen molar-refractivity contribution >= 4 is 17.8 Å². The van der Waals surface area contributed by atoms with Crippen LogP contribution in [0.1, 0.15) is 94.1 Å². The van der Waals surface area contributed by atoms with Crippen LogP contribution in [0.3, 0.4) is 0 Å². The zero-order valence-electron chi connectivity index (χ0n) is 33.3. The Morgan fingerprint density at radius 1 is 0.915 bits per heavy atom. The SMILES string of the molecule is Cc1c[nH+]c2c(c1)C(C(C)(C)c1ncn(C)n1)OC21CCN(C(=O)C2CC[NH+](C(C)(C)C)C[C@H]2c2ccc(F)c(F)c2F)CC1.O=C(O)C(F)(F)F.O=C(O)C(F)(F)F. The van der Waals surface area contributed by atoms with Gasteiger partial charge in [-0.1, -0.05) is 6.07 Å². The van der Waals surface area contributed by atoms with Crippen molar-refractivity contribution in [2.75, 3.05) is 26.2 Å². The number of nitrogens with one attached hydrogen (secondary N) is 2. The second-order valence-electron chi connectivity index (χ2n) is 16.5. The van der Waals surface area contributed by atoms with Crippen molar-refractivity contribution in [1.82, 2.24) is 19.7 Å². The summed E-state index contributed by atoms with van der Waals surface area (Å²) in [4.78, 5) is 43.2. The molecule has 1 amide bonds. The molecule has 2 saturated heterocycles. The first-order valence-electron chi connectivity index (χ1n) is 18.5. The number of carbonyl (C=O) groups excluding carboxylic acids is 1. The number of carbonyl (C=O) groups is 3. The summed E-state index contributed by atoms with van der Waals surface area (Å²) in [6.07, 6.45) is -5.06. The van der Waals surface area contributed by atoms with E-state index >= 15 is 4.39 Å². The molecule has 3 aliphatic rings. The van der Waals surface area contributed by atoms with Gasteiger partial charge in [-0.05, 0) is 53.7 Å². The first kappa shape index (κ1) is 46.9. The number of ether oxygens (including phenoxy) is 1. The molecule has 3 aliphatic heterocycles. The highest BCUT2D eigenvalue weighted by Gasteiger charge is 2.57. The average molecular weight is 855 g/mol. The molecule has 0 aliphatic carbocycles. The maximum atomic E-state index is 15.2. The van der Waals surface area contributed by atoms with Gasteiger partial charge in [-0.15, -0.1) is 0 Å². The number of rotatable bonds is 4.